The third-order valence-electron chi connectivity index (χ3n) is 8.80. The number of imidazole rings is 2. The largest absolute Gasteiger partial charge is 0.514 e. The van der Waals surface area contributed by atoms with Crippen LogP contribution in [0.25, 0.3) is 33.2 Å². The first-order chi connectivity index (χ1) is 24.2. The van der Waals surface area contributed by atoms with Gasteiger partial charge in [0.05, 0.1) is 29.5 Å². The molecule has 2 aromatic heterocycles. The molecule has 0 aliphatic carbocycles. The highest BCUT2D eigenvalue weighted by Gasteiger charge is 2.20. The minimum absolute atomic E-state index is 0.462. The number of nitrogens with zero attached hydrogens (tertiary/aromatic N) is 4. The van der Waals surface area contributed by atoms with Crippen LogP contribution in [-0.4, -0.2) is 37.5 Å². The van der Waals surface area contributed by atoms with Crippen LogP contribution in [0.4, 0.5) is 4.79 Å². The molecule has 0 bridgehead atoms. The second-order valence-electron chi connectivity index (χ2n) is 13.9. The Bertz CT molecular complexity index is 2050. The Kier molecular flexibility index (Phi) is 10.9. The number of fused-ring (bicyclic) bond motifs is 2. The lowest BCUT2D eigenvalue weighted by molar-refractivity contribution is 0.0207. The summed E-state index contributed by atoms with van der Waals surface area (Å²) in [5.41, 5.74) is 7.73. The summed E-state index contributed by atoms with van der Waals surface area (Å²) in [6.45, 7) is 12.1. The minimum Gasteiger partial charge on any atom is -0.491 e. The molecule has 0 amide bonds. The quantitative estimate of drug-likeness (QED) is 0.0651. The van der Waals surface area contributed by atoms with Crippen molar-refractivity contribution in [3.05, 3.63) is 108 Å². The van der Waals surface area contributed by atoms with E-state index in [4.69, 9.17) is 19.2 Å². The second-order valence-corrected chi connectivity index (χ2v) is 13.9. The molecule has 4 aromatic carbocycles. The van der Waals surface area contributed by atoms with Crippen LogP contribution in [0.5, 0.6) is 11.5 Å². The van der Waals surface area contributed by atoms with Crippen LogP contribution < -0.4 is 9.47 Å². The number of carbonyl (C=O) groups excluding carboxylic acids is 1. The molecule has 0 atom stereocenters. The number of para-hydroxylation sites is 3. The van der Waals surface area contributed by atoms with Gasteiger partial charge in [0.25, 0.3) is 0 Å². The van der Waals surface area contributed by atoms with Gasteiger partial charge < -0.3 is 23.3 Å². The molecule has 6 aromatic rings. The average molecular weight is 673 g/mol. The van der Waals surface area contributed by atoms with Crippen molar-refractivity contribution >= 4 is 28.2 Å². The predicted molar refractivity (Wildman–Crippen MR) is 200 cm³/mol. The summed E-state index contributed by atoms with van der Waals surface area (Å²) in [6, 6.07) is 28.4. The first-order valence-electron chi connectivity index (χ1n) is 17.8. The molecule has 0 N–H and O–H groups in total. The molecule has 260 valence electrons. The Hall–Kier alpha value is -5.11. The molecule has 6 rings (SSSR count). The van der Waals surface area contributed by atoms with Crippen LogP contribution in [0.1, 0.15) is 76.8 Å². The Balaban J connectivity index is 1.17. The number of unbranched alkanes of at least 4 members (excludes halogenated alkanes) is 3. The van der Waals surface area contributed by atoms with Crippen molar-refractivity contribution < 1.29 is 19.0 Å². The van der Waals surface area contributed by atoms with E-state index in [1.54, 1.807) is 6.07 Å². The number of aromatic nitrogens is 4. The zero-order chi connectivity index (χ0) is 35.1. The van der Waals surface area contributed by atoms with E-state index < -0.39 is 11.8 Å². The predicted octanol–water partition coefficient (Wildman–Crippen LogP) is 10.3. The summed E-state index contributed by atoms with van der Waals surface area (Å²) >= 11 is 0. The van der Waals surface area contributed by atoms with E-state index in [9.17, 15) is 4.79 Å². The number of ether oxygens (including phenoxy) is 3. The lowest BCUT2D eigenvalue weighted by atomic mass is 10.0. The van der Waals surface area contributed by atoms with Crippen molar-refractivity contribution in [3.63, 3.8) is 0 Å². The molecule has 0 spiro atoms. The van der Waals surface area contributed by atoms with E-state index in [-0.39, 0.29) is 0 Å². The first kappa shape index (κ1) is 34.7. The van der Waals surface area contributed by atoms with Crippen LogP contribution in [0.3, 0.4) is 0 Å². The molecule has 2 heterocycles. The highest BCUT2D eigenvalue weighted by atomic mass is 16.7. The third-order valence-corrected chi connectivity index (χ3v) is 8.80. The van der Waals surface area contributed by atoms with Crippen molar-refractivity contribution in [1.82, 2.24) is 19.1 Å². The monoisotopic (exact) mass is 672 g/mol. The molecular formula is C42H48N4O4. The van der Waals surface area contributed by atoms with Crippen molar-refractivity contribution in [2.24, 2.45) is 0 Å². The zero-order valence-corrected chi connectivity index (χ0v) is 29.9. The van der Waals surface area contributed by atoms with E-state index in [0.717, 1.165) is 95.4 Å². The van der Waals surface area contributed by atoms with E-state index in [0.29, 0.717) is 18.9 Å². The Labute approximate surface area is 295 Å². The standard InChI is InChI=1S/C42H48N4O4/c1-6-7-19-38-44-39-30(2)20-25-37(48-27-14-8-13-26-45-29-43-34-16-10-11-17-35(34)45)40(39)46(38)28-31-21-23-32(24-22-31)33-15-9-12-18-36(33)49-41(47)50-42(3,4)5/h9-12,15-18,20-25,29H,6-8,13-14,19,26-28H2,1-5H3. The van der Waals surface area contributed by atoms with Gasteiger partial charge in [-0.05, 0) is 94.3 Å². The van der Waals surface area contributed by atoms with Crippen LogP contribution in [0.15, 0.2) is 91.3 Å². The van der Waals surface area contributed by atoms with Crippen molar-refractivity contribution in [2.75, 3.05) is 6.61 Å². The van der Waals surface area contributed by atoms with Gasteiger partial charge in [-0.2, -0.15) is 0 Å². The number of benzene rings is 4. The van der Waals surface area contributed by atoms with Crippen LogP contribution in [0, 0.1) is 6.92 Å². The van der Waals surface area contributed by atoms with Crippen molar-refractivity contribution in [1.29, 1.82) is 0 Å². The van der Waals surface area contributed by atoms with Gasteiger partial charge in [-0.3, -0.25) is 0 Å². The summed E-state index contributed by atoms with van der Waals surface area (Å²) < 4.78 is 22.1. The second kappa shape index (κ2) is 15.6. The lowest BCUT2D eigenvalue weighted by Gasteiger charge is -2.19. The number of hydrogen-bond donors (Lipinski definition) is 0. The highest BCUT2D eigenvalue weighted by molar-refractivity contribution is 5.86. The van der Waals surface area contributed by atoms with E-state index in [2.05, 4.69) is 82.6 Å². The summed E-state index contributed by atoms with van der Waals surface area (Å²) in [6.07, 6.45) is 7.40. The van der Waals surface area contributed by atoms with Gasteiger partial charge in [0.1, 0.15) is 28.4 Å². The van der Waals surface area contributed by atoms with Gasteiger partial charge in [0.2, 0.25) is 0 Å². The molecule has 0 radical (unpaired) electrons. The van der Waals surface area contributed by atoms with Crippen molar-refractivity contribution in [2.45, 2.75) is 91.8 Å². The van der Waals surface area contributed by atoms with Gasteiger partial charge in [-0.15, -0.1) is 0 Å². The Morgan fingerprint density at radius 2 is 1.62 bits per heavy atom. The number of rotatable bonds is 14. The molecule has 0 saturated carbocycles. The summed E-state index contributed by atoms with van der Waals surface area (Å²) in [7, 11) is 0. The van der Waals surface area contributed by atoms with Gasteiger partial charge >= 0.3 is 6.16 Å². The lowest BCUT2D eigenvalue weighted by Crippen LogP contribution is -2.26. The topological polar surface area (TPSA) is 80.4 Å². The van der Waals surface area contributed by atoms with Crippen molar-refractivity contribution in [3.8, 4) is 22.6 Å². The van der Waals surface area contributed by atoms with Gasteiger partial charge in [-0.25, -0.2) is 14.8 Å². The van der Waals surface area contributed by atoms with Gasteiger partial charge in [-0.1, -0.05) is 74.0 Å². The van der Waals surface area contributed by atoms with Crippen LogP contribution in [-0.2, 0) is 24.2 Å². The van der Waals surface area contributed by atoms with Gasteiger partial charge in [0.15, 0.2) is 0 Å². The third kappa shape index (κ3) is 8.36. The maximum absolute atomic E-state index is 12.4. The minimum atomic E-state index is -0.718. The number of aryl methyl sites for hydroxylation is 3. The summed E-state index contributed by atoms with van der Waals surface area (Å²) in [5.74, 6) is 2.42. The molecule has 50 heavy (non-hydrogen) atoms. The molecule has 8 nitrogen and oxygen atoms in total. The summed E-state index contributed by atoms with van der Waals surface area (Å²) in [5, 5.41) is 0. The Morgan fingerprint density at radius 3 is 2.42 bits per heavy atom. The molecule has 0 fully saturated rings. The summed E-state index contributed by atoms with van der Waals surface area (Å²) in [4.78, 5) is 22.1. The fourth-order valence-electron chi connectivity index (χ4n) is 6.25. The number of hydrogen-bond acceptors (Lipinski definition) is 6. The van der Waals surface area contributed by atoms with E-state index in [1.165, 1.54) is 5.52 Å². The first-order valence-corrected chi connectivity index (χ1v) is 17.8. The SMILES string of the molecule is CCCCc1nc2c(C)ccc(OCCCCCn3cnc4ccccc43)c2n1Cc1ccc(-c2ccccc2OC(=O)OC(C)(C)C)cc1. The van der Waals surface area contributed by atoms with Gasteiger partial charge in [0, 0.05) is 25.1 Å². The maximum atomic E-state index is 12.4. The van der Waals surface area contributed by atoms with E-state index >= 15 is 0 Å². The van der Waals surface area contributed by atoms with E-state index in [1.807, 2.05) is 51.4 Å². The molecule has 8 heteroatoms. The fraction of sp³-hybridized carbons (Fsp3) is 0.357. The average Bonchev–Trinajstić information content (AvgIpc) is 3.68. The Morgan fingerprint density at radius 1 is 0.840 bits per heavy atom. The molecule has 0 saturated heterocycles. The molecule has 0 aliphatic heterocycles. The normalized spacial score (nSPS) is 11.7. The van der Waals surface area contributed by atoms with Crippen LogP contribution in [0.2, 0.25) is 0 Å². The van der Waals surface area contributed by atoms with Crippen LogP contribution >= 0.6 is 0 Å². The molecule has 0 unspecified atom stereocenters. The smallest absolute Gasteiger partial charge is 0.491 e. The highest BCUT2D eigenvalue weighted by Crippen LogP contribution is 2.33. The molecular weight excluding hydrogens is 624 g/mol. The maximum Gasteiger partial charge on any atom is 0.514 e. The molecule has 0 aliphatic rings. The zero-order valence-electron chi connectivity index (χ0n) is 29.9. The fourth-order valence-corrected chi connectivity index (χ4v) is 6.25. The number of carbonyl (C=O) groups is 1.